The van der Waals surface area contributed by atoms with Gasteiger partial charge in [-0.05, 0) is 71.7 Å². The first-order chi connectivity index (χ1) is 21.1. The van der Waals surface area contributed by atoms with Gasteiger partial charge in [0.2, 0.25) is 10.0 Å². The highest BCUT2D eigenvalue weighted by atomic mass is 32.2. The Kier molecular flexibility index (Phi) is 10.7. The molecular weight excluding hydrogens is 596 g/mol. The first-order valence-electron chi connectivity index (χ1n) is 15.4. The number of anilines is 1. The molecule has 45 heavy (non-hydrogen) atoms. The van der Waals surface area contributed by atoms with Crippen LogP contribution in [0.1, 0.15) is 79.9 Å². The van der Waals surface area contributed by atoms with E-state index in [9.17, 15) is 27.1 Å². The number of sulfonamides is 1. The minimum Gasteiger partial charge on any atom is -0.390 e. The van der Waals surface area contributed by atoms with Gasteiger partial charge in [0.05, 0.1) is 24.1 Å². The SMILES string of the molecule is CN(c1cccc(C(=O)NC(Cc2cc(F)cc(F)c2)C(O)CNC2(c3cccc(C(C)(C)C)c3)CCCCC2)c1)S(C)(=O)=O. The van der Waals surface area contributed by atoms with Crippen molar-refractivity contribution in [3.05, 3.63) is 101 Å². The number of hydrogen-bond donors (Lipinski definition) is 3. The molecule has 4 rings (SSSR count). The topological polar surface area (TPSA) is 98.7 Å². The molecule has 1 aliphatic rings. The third-order valence-electron chi connectivity index (χ3n) is 8.77. The van der Waals surface area contributed by atoms with Gasteiger partial charge in [0.25, 0.3) is 5.91 Å². The first kappa shape index (κ1) is 34.5. The number of nitrogens with one attached hydrogen (secondary N) is 2. The van der Waals surface area contributed by atoms with E-state index in [2.05, 4.69) is 55.7 Å². The Morgan fingerprint density at radius 1 is 0.978 bits per heavy atom. The van der Waals surface area contributed by atoms with Gasteiger partial charge in [-0.1, -0.05) is 70.4 Å². The Balaban J connectivity index is 1.61. The molecule has 7 nitrogen and oxygen atoms in total. The van der Waals surface area contributed by atoms with Crippen molar-refractivity contribution in [3.8, 4) is 0 Å². The molecule has 3 N–H and O–H groups in total. The molecule has 0 radical (unpaired) electrons. The molecule has 0 saturated heterocycles. The number of aliphatic hydroxyl groups is 1. The molecule has 0 heterocycles. The van der Waals surface area contributed by atoms with Gasteiger partial charge in [-0.25, -0.2) is 17.2 Å². The fourth-order valence-electron chi connectivity index (χ4n) is 6.00. The highest BCUT2D eigenvalue weighted by Crippen LogP contribution is 2.38. The monoisotopic (exact) mass is 641 g/mol. The number of carbonyl (C=O) groups excluding carboxylic acids is 1. The number of nitrogens with zero attached hydrogens (tertiary/aromatic N) is 1. The maximum absolute atomic E-state index is 14.1. The second kappa shape index (κ2) is 14.0. The Labute approximate surface area is 266 Å². The summed E-state index contributed by atoms with van der Waals surface area (Å²) in [6.07, 6.45) is 4.89. The molecule has 1 aliphatic carbocycles. The largest absolute Gasteiger partial charge is 0.390 e. The number of aliphatic hydroxyl groups excluding tert-OH is 1. The van der Waals surface area contributed by atoms with Crippen molar-refractivity contribution in [2.24, 2.45) is 0 Å². The maximum atomic E-state index is 14.1. The lowest BCUT2D eigenvalue weighted by molar-refractivity contribution is 0.0788. The van der Waals surface area contributed by atoms with Gasteiger partial charge in [-0.2, -0.15) is 0 Å². The molecular formula is C35H45F2N3O4S. The van der Waals surface area contributed by atoms with Crippen molar-refractivity contribution in [1.29, 1.82) is 0 Å². The number of rotatable bonds is 11. The molecule has 2 unspecified atom stereocenters. The van der Waals surface area contributed by atoms with Crippen molar-refractivity contribution in [2.75, 3.05) is 24.2 Å². The predicted molar refractivity (Wildman–Crippen MR) is 175 cm³/mol. The molecule has 0 bridgehead atoms. The summed E-state index contributed by atoms with van der Waals surface area (Å²) < 4.78 is 53.4. The number of benzene rings is 3. The van der Waals surface area contributed by atoms with Gasteiger partial charge in [0.1, 0.15) is 11.6 Å². The molecule has 10 heteroatoms. The van der Waals surface area contributed by atoms with Crippen molar-refractivity contribution >= 4 is 21.6 Å². The molecule has 0 aromatic heterocycles. The van der Waals surface area contributed by atoms with Crippen molar-refractivity contribution in [1.82, 2.24) is 10.6 Å². The Bertz CT molecular complexity index is 1580. The van der Waals surface area contributed by atoms with Crippen LogP contribution < -0.4 is 14.9 Å². The molecule has 1 amide bonds. The molecule has 3 aromatic carbocycles. The molecule has 0 spiro atoms. The maximum Gasteiger partial charge on any atom is 0.251 e. The molecule has 0 aliphatic heterocycles. The Morgan fingerprint density at radius 2 is 1.62 bits per heavy atom. The highest BCUT2D eigenvalue weighted by Gasteiger charge is 2.36. The van der Waals surface area contributed by atoms with Crippen LogP contribution in [0, 0.1) is 11.6 Å². The molecule has 1 fully saturated rings. The number of amides is 1. The van der Waals surface area contributed by atoms with Gasteiger partial charge >= 0.3 is 0 Å². The lowest BCUT2D eigenvalue weighted by atomic mass is 9.74. The summed E-state index contributed by atoms with van der Waals surface area (Å²) in [5, 5.41) is 18.1. The van der Waals surface area contributed by atoms with E-state index in [4.69, 9.17) is 0 Å². The zero-order valence-electron chi connectivity index (χ0n) is 26.7. The molecule has 1 saturated carbocycles. The smallest absolute Gasteiger partial charge is 0.251 e. The number of carbonyl (C=O) groups is 1. The Hall–Kier alpha value is -3.34. The van der Waals surface area contributed by atoms with Crippen LogP contribution in [0.25, 0.3) is 0 Å². The summed E-state index contributed by atoms with van der Waals surface area (Å²) in [6, 6.07) is 16.9. The minimum absolute atomic E-state index is 0.0291. The van der Waals surface area contributed by atoms with Crippen molar-refractivity contribution < 1.29 is 27.1 Å². The van der Waals surface area contributed by atoms with E-state index in [0.717, 1.165) is 54.3 Å². The Morgan fingerprint density at radius 3 is 2.24 bits per heavy atom. The van der Waals surface area contributed by atoms with Crippen LogP contribution in [0.2, 0.25) is 0 Å². The van der Waals surface area contributed by atoms with Gasteiger partial charge in [-0.15, -0.1) is 0 Å². The van der Waals surface area contributed by atoms with Crippen LogP contribution in [0.5, 0.6) is 0 Å². The van der Waals surface area contributed by atoms with Gasteiger partial charge in [-0.3, -0.25) is 9.10 Å². The van der Waals surface area contributed by atoms with E-state index in [1.807, 2.05) is 0 Å². The fraction of sp³-hybridized carbons (Fsp3) is 0.457. The number of halogens is 2. The van der Waals surface area contributed by atoms with E-state index in [0.29, 0.717) is 5.69 Å². The fourth-order valence-corrected chi connectivity index (χ4v) is 6.50. The summed E-state index contributed by atoms with van der Waals surface area (Å²) >= 11 is 0. The van der Waals surface area contributed by atoms with Gasteiger partial charge in [0.15, 0.2) is 0 Å². The third-order valence-corrected chi connectivity index (χ3v) is 9.97. The van der Waals surface area contributed by atoms with Crippen molar-refractivity contribution in [2.45, 2.75) is 82.4 Å². The molecule has 3 aromatic rings. The van der Waals surface area contributed by atoms with Crippen LogP contribution in [0.3, 0.4) is 0 Å². The van der Waals surface area contributed by atoms with Gasteiger partial charge < -0.3 is 15.7 Å². The summed E-state index contributed by atoms with van der Waals surface area (Å²) in [6.45, 7) is 6.65. The van der Waals surface area contributed by atoms with Crippen LogP contribution in [0.15, 0.2) is 66.7 Å². The van der Waals surface area contributed by atoms with Crippen LogP contribution in [-0.2, 0) is 27.4 Å². The average Bonchev–Trinajstić information content (AvgIpc) is 2.98. The summed E-state index contributed by atoms with van der Waals surface area (Å²) in [5.74, 6) is -2.05. The lowest BCUT2D eigenvalue weighted by Gasteiger charge is -2.41. The van der Waals surface area contributed by atoms with E-state index >= 15 is 0 Å². The van der Waals surface area contributed by atoms with E-state index in [-0.39, 0.29) is 35.0 Å². The standard InChI is InChI=1S/C35H45F2N3O4S/c1-34(2,3)26-12-10-13-27(21-26)35(15-7-6-8-16-35)38-23-32(41)31(19-24-17-28(36)22-29(37)18-24)39-33(42)25-11-9-14-30(20-25)40(4)45(5,43)44/h9-14,17-18,20-22,31-32,38,41H,6-8,15-16,19,23H2,1-5H3,(H,39,42). The van der Waals surface area contributed by atoms with E-state index < -0.39 is 39.7 Å². The highest BCUT2D eigenvalue weighted by molar-refractivity contribution is 7.92. The van der Waals surface area contributed by atoms with Crippen molar-refractivity contribution in [3.63, 3.8) is 0 Å². The summed E-state index contributed by atoms with van der Waals surface area (Å²) in [7, 11) is -2.17. The summed E-state index contributed by atoms with van der Waals surface area (Å²) in [5.41, 5.74) is 2.73. The van der Waals surface area contributed by atoms with Crippen LogP contribution in [0.4, 0.5) is 14.5 Å². The minimum atomic E-state index is -3.56. The van der Waals surface area contributed by atoms with Crippen LogP contribution >= 0.6 is 0 Å². The predicted octanol–water partition coefficient (Wildman–Crippen LogP) is 5.81. The zero-order valence-corrected chi connectivity index (χ0v) is 27.6. The average molecular weight is 642 g/mol. The molecule has 2 atom stereocenters. The molecule has 244 valence electrons. The van der Waals surface area contributed by atoms with E-state index in [1.54, 1.807) is 12.1 Å². The number of hydrogen-bond acceptors (Lipinski definition) is 5. The second-order valence-corrected chi connectivity index (χ2v) is 15.3. The van der Waals surface area contributed by atoms with E-state index in [1.165, 1.54) is 36.9 Å². The van der Waals surface area contributed by atoms with Gasteiger partial charge in [0, 0.05) is 30.8 Å². The third kappa shape index (κ3) is 8.89. The normalized spacial score (nSPS) is 16.5. The second-order valence-electron chi connectivity index (χ2n) is 13.3. The zero-order chi connectivity index (χ0) is 33.0. The lowest BCUT2D eigenvalue weighted by Crippen LogP contribution is -2.53. The first-order valence-corrected chi connectivity index (χ1v) is 17.3. The summed E-state index contributed by atoms with van der Waals surface area (Å²) in [4.78, 5) is 13.5. The van der Waals surface area contributed by atoms with Crippen LogP contribution in [-0.4, -0.2) is 51.4 Å². The quantitative estimate of drug-likeness (QED) is 0.246.